The number of esters is 1. The highest BCUT2D eigenvalue weighted by Crippen LogP contribution is 2.28. The lowest BCUT2D eigenvalue weighted by Crippen LogP contribution is -2.42. The molecule has 2 aromatic rings. The molecule has 0 heterocycles. The second-order valence-corrected chi connectivity index (χ2v) is 9.10. The first kappa shape index (κ1) is 26.1. The number of carbonyl (C=O) groups excluding carboxylic acids is 3. The second kappa shape index (κ2) is 13.4. The fourth-order valence-corrected chi connectivity index (χ4v) is 4.47. The minimum absolute atomic E-state index is 0.152. The minimum Gasteiger partial charge on any atom is -0.479 e. The van der Waals surface area contributed by atoms with Crippen molar-refractivity contribution in [2.45, 2.75) is 69.9 Å². The molecule has 1 aliphatic carbocycles. The van der Waals surface area contributed by atoms with Crippen LogP contribution in [0.25, 0.3) is 0 Å². The molecule has 0 aromatic heterocycles. The summed E-state index contributed by atoms with van der Waals surface area (Å²) in [5.41, 5.74) is 1.31. The molecule has 1 saturated carbocycles. The first-order valence-electron chi connectivity index (χ1n) is 12.3. The van der Waals surface area contributed by atoms with Crippen molar-refractivity contribution in [2.24, 2.45) is 5.92 Å². The molecule has 35 heavy (non-hydrogen) atoms. The van der Waals surface area contributed by atoms with Crippen molar-refractivity contribution in [3.05, 3.63) is 71.8 Å². The van der Waals surface area contributed by atoms with Gasteiger partial charge in [0.05, 0.1) is 12.5 Å². The number of ether oxygens (including phenoxy) is 1. The molecule has 0 radical (unpaired) electrons. The van der Waals surface area contributed by atoms with E-state index in [0.29, 0.717) is 12.0 Å². The van der Waals surface area contributed by atoms with E-state index in [1.807, 2.05) is 30.3 Å². The van der Waals surface area contributed by atoms with Gasteiger partial charge in [0.15, 0.2) is 11.9 Å². The Labute approximate surface area is 205 Å². The van der Waals surface area contributed by atoms with Crippen LogP contribution in [0.15, 0.2) is 60.7 Å². The summed E-state index contributed by atoms with van der Waals surface area (Å²) in [6.45, 7) is 0. The summed E-state index contributed by atoms with van der Waals surface area (Å²) in [5, 5.41) is 12.3. The molecule has 1 fully saturated rings. The van der Waals surface area contributed by atoms with Crippen molar-refractivity contribution in [3.8, 4) is 0 Å². The molecule has 1 amide bonds. The van der Waals surface area contributed by atoms with Crippen LogP contribution < -0.4 is 5.32 Å². The summed E-state index contributed by atoms with van der Waals surface area (Å²) in [6, 6.07) is 17.1. The number of rotatable bonds is 12. The number of nitrogens with one attached hydrogen (secondary N) is 1. The van der Waals surface area contributed by atoms with Gasteiger partial charge >= 0.3 is 11.9 Å². The van der Waals surface area contributed by atoms with Crippen LogP contribution in [0, 0.1) is 5.92 Å². The summed E-state index contributed by atoms with van der Waals surface area (Å²) in [7, 11) is 0. The van der Waals surface area contributed by atoms with Gasteiger partial charge in [-0.1, -0.05) is 80.6 Å². The largest absolute Gasteiger partial charge is 0.479 e. The topological polar surface area (TPSA) is 110 Å². The van der Waals surface area contributed by atoms with Crippen molar-refractivity contribution in [1.29, 1.82) is 0 Å². The van der Waals surface area contributed by atoms with Gasteiger partial charge in [0.25, 0.3) is 5.91 Å². The van der Waals surface area contributed by atoms with Gasteiger partial charge in [-0.2, -0.15) is 0 Å². The highest BCUT2D eigenvalue weighted by Gasteiger charge is 2.28. The molecular weight excluding hydrogens is 446 g/mol. The molecule has 0 bridgehead atoms. The predicted molar refractivity (Wildman–Crippen MR) is 131 cm³/mol. The van der Waals surface area contributed by atoms with Gasteiger partial charge in [0.1, 0.15) is 0 Å². The molecule has 7 nitrogen and oxygen atoms in total. The van der Waals surface area contributed by atoms with Gasteiger partial charge in [-0.25, -0.2) is 4.79 Å². The lowest BCUT2D eigenvalue weighted by atomic mass is 9.85. The monoisotopic (exact) mass is 479 g/mol. The number of hydrogen-bond donors (Lipinski definition) is 2. The Morgan fingerprint density at radius 3 is 2.14 bits per heavy atom. The predicted octanol–water partition coefficient (Wildman–Crippen LogP) is 4.34. The molecule has 0 saturated heterocycles. The number of Topliss-reactive ketones (excluding diaryl/α,β-unsaturated/α-hetero) is 1. The Kier molecular flexibility index (Phi) is 10.0. The number of carboxylic acid groups (broad SMARTS) is 1. The fraction of sp³-hybridized carbons (Fsp3) is 0.429. The highest BCUT2D eigenvalue weighted by molar-refractivity contribution is 5.98. The number of benzene rings is 2. The van der Waals surface area contributed by atoms with Gasteiger partial charge in [0, 0.05) is 12.0 Å². The van der Waals surface area contributed by atoms with E-state index in [9.17, 15) is 24.3 Å². The highest BCUT2D eigenvalue weighted by atomic mass is 16.6. The van der Waals surface area contributed by atoms with Gasteiger partial charge in [-0.15, -0.1) is 0 Å². The third kappa shape index (κ3) is 8.67. The maximum atomic E-state index is 13.0. The molecule has 1 aliphatic rings. The van der Waals surface area contributed by atoms with E-state index < -0.39 is 24.1 Å². The summed E-state index contributed by atoms with van der Waals surface area (Å²) >= 11 is 0. The minimum atomic E-state index is -1.20. The van der Waals surface area contributed by atoms with Crippen LogP contribution in [0.4, 0.5) is 0 Å². The van der Waals surface area contributed by atoms with Crippen LogP contribution in [-0.2, 0) is 25.5 Å². The molecule has 7 heteroatoms. The first-order chi connectivity index (χ1) is 16.9. The van der Waals surface area contributed by atoms with E-state index in [1.165, 1.54) is 0 Å². The molecule has 186 valence electrons. The molecule has 0 unspecified atom stereocenters. The third-order valence-electron chi connectivity index (χ3n) is 6.41. The summed E-state index contributed by atoms with van der Waals surface area (Å²) < 4.78 is 5.24. The van der Waals surface area contributed by atoms with Crippen LogP contribution >= 0.6 is 0 Å². The van der Waals surface area contributed by atoms with Crippen molar-refractivity contribution in [2.75, 3.05) is 0 Å². The van der Waals surface area contributed by atoms with Crippen LogP contribution in [0.1, 0.15) is 67.3 Å². The molecular formula is C28H33NO6. The summed E-state index contributed by atoms with van der Waals surface area (Å²) in [6.07, 6.45) is 4.18. The van der Waals surface area contributed by atoms with E-state index in [1.54, 1.807) is 30.3 Å². The Balaban J connectivity index is 1.58. The maximum Gasteiger partial charge on any atom is 0.345 e. The van der Waals surface area contributed by atoms with Gasteiger partial charge in [-0.3, -0.25) is 14.4 Å². The quantitative estimate of drug-likeness (QED) is 0.438. The number of hydrogen-bond acceptors (Lipinski definition) is 5. The van der Waals surface area contributed by atoms with E-state index in [2.05, 4.69) is 5.32 Å². The maximum absolute atomic E-state index is 13.0. The normalized spacial score (nSPS) is 15.5. The van der Waals surface area contributed by atoms with Crippen LogP contribution in [0.5, 0.6) is 0 Å². The molecule has 2 atom stereocenters. The number of amides is 1. The Morgan fingerprint density at radius 2 is 1.51 bits per heavy atom. The van der Waals surface area contributed by atoms with Crippen LogP contribution in [0.3, 0.4) is 0 Å². The van der Waals surface area contributed by atoms with Gasteiger partial charge in [0.2, 0.25) is 0 Å². The van der Waals surface area contributed by atoms with Crippen LogP contribution in [0.2, 0.25) is 0 Å². The average molecular weight is 480 g/mol. The SMILES string of the molecule is O=C(CCC(=O)[C@H](Cc1ccccc1)NC(=O)c1ccccc1)O[C@@H](CC1CCCCC1)C(=O)O. The summed E-state index contributed by atoms with van der Waals surface area (Å²) in [4.78, 5) is 49.7. The number of carboxylic acids is 1. The molecule has 0 aliphatic heterocycles. The van der Waals surface area contributed by atoms with Gasteiger partial charge < -0.3 is 15.2 Å². The lowest BCUT2D eigenvalue weighted by molar-refractivity contribution is -0.165. The summed E-state index contributed by atoms with van der Waals surface area (Å²) in [5.74, 6) is -2.32. The van der Waals surface area contributed by atoms with E-state index in [0.717, 1.165) is 37.7 Å². The van der Waals surface area contributed by atoms with Crippen molar-refractivity contribution in [1.82, 2.24) is 5.32 Å². The van der Waals surface area contributed by atoms with Crippen molar-refractivity contribution >= 4 is 23.6 Å². The number of carbonyl (C=O) groups is 4. The van der Waals surface area contributed by atoms with E-state index >= 15 is 0 Å². The zero-order valence-electron chi connectivity index (χ0n) is 19.9. The molecule has 2 aromatic carbocycles. The van der Waals surface area contributed by atoms with Crippen molar-refractivity contribution in [3.63, 3.8) is 0 Å². The van der Waals surface area contributed by atoms with E-state index in [-0.39, 0.29) is 36.9 Å². The Morgan fingerprint density at radius 1 is 0.886 bits per heavy atom. The Hall–Kier alpha value is -3.48. The second-order valence-electron chi connectivity index (χ2n) is 9.10. The smallest absolute Gasteiger partial charge is 0.345 e. The number of ketones is 1. The first-order valence-corrected chi connectivity index (χ1v) is 12.3. The third-order valence-corrected chi connectivity index (χ3v) is 6.41. The Bertz CT molecular complexity index is 985. The van der Waals surface area contributed by atoms with Crippen molar-refractivity contribution < 1.29 is 29.0 Å². The van der Waals surface area contributed by atoms with E-state index in [4.69, 9.17) is 4.74 Å². The molecule has 3 rings (SSSR count). The van der Waals surface area contributed by atoms with Crippen LogP contribution in [-0.4, -0.2) is 40.9 Å². The lowest BCUT2D eigenvalue weighted by Gasteiger charge is -2.24. The standard InChI is InChI=1S/C28H33NO6/c30-24(16-17-26(31)35-25(28(33)34)19-21-12-6-2-7-13-21)23(18-20-10-4-1-5-11-20)29-27(32)22-14-8-3-9-15-22/h1,3-5,8-11,14-15,21,23,25H,2,6-7,12-13,16-19H2,(H,29,32)(H,33,34)/t23-,25-/m0/s1. The zero-order chi connectivity index (χ0) is 25.0. The number of aliphatic carboxylic acids is 1. The molecule has 2 N–H and O–H groups in total. The fourth-order valence-electron chi connectivity index (χ4n) is 4.47. The zero-order valence-corrected chi connectivity index (χ0v) is 19.9. The average Bonchev–Trinajstić information content (AvgIpc) is 2.88. The van der Waals surface area contributed by atoms with Gasteiger partial charge in [-0.05, 0) is 36.5 Å². The molecule has 0 spiro atoms.